The van der Waals surface area contributed by atoms with Crippen molar-refractivity contribution < 1.29 is 13.9 Å². The molecule has 2 heterocycles. The van der Waals surface area contributed by atoms with Crippen molar-refractivity contribution in [1.29, 1.82) is 0 Å². The predicted molar refractivity (Wildman–Crippen MR) is 93.2 cm³/mol. The second-order valence-electron chi connectivity index (χ2n) is 6.86. The van der Waals surface area contributed by atoms with Crippen LogP contribution in [0.15, 0.2) is 18.2 Å². The summed E-state index contributed by atoms with van der Waals surface area (Å²) in [5.41, 5.74) is 0.999. The van der Waals surface area contributed by atoms with Crippen molar-refractivity contribution in [3.05, 3.63) is 29.6 Å². The third kappa shape index (κ3) is 4.14. The molecule has 0 unspecified atom stereocenters. The fourth-order valence-corrected chi connectivity index (χ4v) is 3.78. The number of rotatable bonds is 5. The number of carbonyl (C=O) groups excluding carboxylic acids is 1. The fraction of sp³-hybridized carbons (Fsp3) is 0.632. The van der Waals surface area contributed by atoms with Crippen LogP contribution in [0.4, 0.5) is 10.1 Å². The Bertz CT molecular complexity index is 564. The van der Waals surface area contributed by atoms with Crippen LogP contribution in [0.1, 0.15) is 36.5 Å². The molecule has 0 atom stereocenters. The van der Waals surface area contributed by atoms with Crippen molar-refractivity contribution in [3.8, 4) is 0 Å². The van der Waals surface area contributed by atoms with Gasteiger partial charge in [-0.1, -0.05) is 6.07 Å². The molecule has 1 aromatic carbocycles. The quantitative estimate of drug-likeness (QED) is 0.775. The molecule has 24 heavy (non-hydrogen) atoms. The Morgan fingerprint density at radius 3 is 2.58 bits per heavy atom. The van der Waals surface area contributed by atoms with Crippen molar-refractivity contribution in [1.82, 2.24) is 4.90 Å². The Kier molecular flexibility index (Phi) is 5.85. The first-order valence-electron chi connectivity index (χ1n) is 8.99. The number of halogens is 1. The summed E-state index contributed by atoms with van der Waals surface area (Å²) >= 11 is 0. The summed E-state index contributed by atoms with van der Waals surface area (Å²) < 4.78 is 19.4. The molecule has 132 valence electrons. The zero-order chi connectivity index (χ0) is 16.9. The van der Waals surface area contributed by atoms with E-state index in [-0.39, 0.29) is 11.3 Å². The van der Waals surface area contributed by atoms with E-state index in [1.54, 1.807) is 6.07 Å². The second-order valence-corrected chi connectivity index (χ2v) is 6.86. The number of ketones is 1. The number of Topliss-reactive ketones (excluding diaryl/α,β-unsaturated/α-hetero) is 1. The van der Waals surface area contributed by atoms with Gasteiger partial charge >= 0.3 is 0 Å². The van der Waals surface area contributed by atoms with Gasteiger partial charge in [-0.15, -0.1) is 0 Å². The van der Waals surface area contributed by atoms with Gasteiger partial charge in [0.15, 0.2) is 5.78 Å². The van der Waals surface area contributed by atoms with Gasteiger partial charge in [0.25, 0.3) is 0 Å². The Morgan fingerprint density at radius 2 is 1.92 bits per heavy atom. The Balaban J connectivity index is 1.53. The van der Waals surface area contributed by atoms with E-state index in [1.807, 2.05) is 6.07 Å². The molecule has 2 aliphatic heterocycles. The molecule has 3 rings (SSSR count). The van der Waals surface area contributed by atoms with Crippen LogP contribution in [0, 0.1) is 11.7 Å². The Morgan fingerprint density at radius 1 is 1.21 bits per heavy atom. The molecule has 2 aliphatic rings. The van der Waals surface area contributed by atoms with Gasteiger partial charge in [0, 0.05) is 26.2 Å². The molecule has 0 amide bonds. The van der Waals surface area contributed by atoms with E-state index in [9.17, 15) is 9.18 Å². The van der Waals surface area contributed by atoms with Crippen LogP contribution in [0.5, 0.6) is 0 Å². The number of carbonyl (C=O) groups is 1. The number of ether oxygens (including phenoxy) is 1. The number of morpholine rings is 1. The average Bonchev–Trinajstić information content (AvgIpc) is 2.61. The maximum atomic E-state index is 14.0. The predicted octanol–water partition coefficient (Wildman–Crippen LogP) is 2.97. The van der Waals surface area contributed by atoms with Crippen molar-refractivity contribution >= 4 is 11.5 Å². The van der Waals surface area contributed by atoms with E-state index in [0.29, 0.717) is 0 Å². The van der Waals surface area contributed by atoms with Crippen molar-refractivity contribution in [2.24, 2.45) is 5.92 Å². The van der Waals surface area contributed by atoms with E-state index < -0.39 is 5.82 Å². The zero-order valence-corrected chi connectivity index (χ0v) is 14.5. The second kappa shape index (κ2) is 8.08. The van der Waals surface area contributed by atoms with Crippen LogP contribution in [-0.2, 0) is 4.74 Å². The molecule has 0 bridgehead atoms. The molecular weight excluding hydrogens is 307 g/mol. The van der Waals surface area contributed by atoms with E-state index in [1.165, 1.54) is 19.4 Å². The van der Waals surface area contributed by atoms with Gasteiger partial charge in [0.1, 0.15) is 5.82 Å². The monoisotopic (exact) mass is 334 g/mol. The molecule has 0 saturated carbocycles. The zero-order valence-electron chi connectivity index (χ0n) is 14.5. The van der Waals surface area contributed by atoms with Crippen LogP contribution < -0.4 is 4.90 Å². The molecular formula is C19H27FN2O2. The summed E-state index contributed by atoms with van der Waals surface area (Å²) in [5.74, 6) is 0.116. The molecule has 0 aliphatic carbocycles. The summed E-state index contributed by atoms with van der Waals surface area (Å²) in [6.45, 7) is 8.19. The summed E-state index contributed by atoms with van der Waals surface area (Å²) in [5, 5.41) is 0. The summed E-state index contributed by atoms with van der Waals surface area (Å²) in [6, 6.07) is 4.94. The number of nitrogens with zero attached hydrogens (tertiary/aromatic N) is 2. The molecule has 5 heteroatoms. The van der Waals surface area contributed by atoms with E-state index >= 15 is 0 Å². The lowest BCUT2D eigenvalue weighted by molar-refractivity contribution is 0.0349. The van der Waals surface area contributed by atoms with Crippen LogP contribution in [-0.4, -0.2) is 56.6 Å². The smallest absolute Gasteiger partial charge is 0.164 e. The van der Waals surface area contributed by atoms with Gasteiger partial charge in [-0.2, -0.15) is 0 Å². The van der Waals surface area contributed by atoms with E-state index in [0.717, 1.165) is 70.4 Å². The summed E-state index contributed by atoms with van der Waals surface area (Å²) in [6.07, 6.45) is 3.44. The first-order chi connectivity index (χ1) is 11.6. The molecule has 1 aromatic rings. The lowest BCUT2D eigenvalue weighted by Crippen LogP contribution is -2.39. The highest BCUT2D eigenvalue weighted by Crippen LogP contribution is 2.29. The van der Waals surface area contributed by atoms with E-state index in [4.69, 9.17) is 4.74 Å². The molecule has 0 spiro atoms. The Labute approximate surface area is 143 Å². The minimum absolute atomic E-state index is 0.197. The highest BCUT2D eigenvalue weighted by atomic mass is 19.1. The number of anilines is 1. The van der Waals surface area contributed by atoms with Crippen LogP contribution in [0.25, 0.3) is 0 Å². The van der Waals surface area contributed by atoms with E-state index in [2.05, 4.69) is 9.80 Å². The van der Waals surface area contributed by atoms with Crippen molar-refractivity contribution in [2.45, 2.75) is 26.2 Å². The van der Waals surface area contributed by atoms with Gasteiger partial charge < -0.3 is 9.64 Å². The summed E-state index contributed by atoms with van der Waals surface area (Å²) in [7, 11) is 0. The van der Waals surface area contributed by atoms with Crippen LogP contribution in [0.2, 0.25) is 0 Å². The maximum Gasteiger partial charge on any atom is 0.164 e. The van der Waals surface area contributed by atoms with Crippen molar-refractivity contribution in [3.63, 3.8) is 0 Å². The molecule has 0 N–H and O–H groups in total. The highest BCUT2D eigenvalue weighted by molar-refractivity contribution is 6.00. The minimum atomic E-state index is -0.408. The highest BCUT2D eigenvalue weighted by Gasteiger charge is 2.24. The topological polar surface area (TPSA) is 32.8 Å². The van der Waals surface area contributed by atoms with Crippen LogP contribution in [0.3, 0.4) is 0 Å². The SMILES string of the molecule is CC(=O)c1c(F)cccc1N1CCC(CCN2CCOCC2)CC1. The number of hydrogen-bond acceptors (Lipinski definition) is 4. The van der Waals surface area contributed by atoms with Gasteiger partial charge in [0.2, 0.25) is 0 Å². The summed E-state index contributed by atoms with van der Waals surface area (Å²) in [4.78, 5) is 16.4. The lowest BCUT2D eigenvalue weighted by atomic mass is 9.92. The lowest BCUT2D eigenvalue weighted by Gasteiger charge is -2.35. The van der Waals surface area contributed by atoms with Gasteiger partial charge in [-0.05, 0) is 50.8 Å². The normalized spacial score (nSPS) is 20.3. The van der Waals surface area contributed by atoms with Gasteiger partial charge in [-0.3, -0.25) is 9.69 Å². The van der Waals surface area contributed by atoms with Gasteiger partial charge in [0.05, 0.1) is 24.5 Å². The largest absolute Gasteiger partial charge is 0.379 e. The fourth-order valence-electron chi connectivity index (χ4n) is 3.78. The number of benzene rings is 1. The van der Waals surface area contributed by atoms with Gasteiger partial charge in [-0.25, -0.2) is 4.39 Å². The molecule has 2 saturated heterocycles. The molecule has 4 nitrogen and oxygen atoms in total. The number of hydrogen-bond donors (Lipinski definition) is 0. The first-order valence-corrected chi connectivity index (χ1v) is 8.99. The van der Waals surface area contributed by atoms with Crippen molar-refractivity contribution in [2.75, 3.05) is 50.8 Å². The third-order valence-electron chi connectivity index (χ3n) is 5.26. The minimum Gasteiger partial charge on any atom is -0.379 e. The Hall–Kier alpha value is -1.46. The first kappa shape index (κ1) is 17.4. The van der Waals surface area contributed by atoms with Crippen LogP contribution >= 0.6 is 0 Å². The maximum absolute atomic E-state index is 14.0. The molecule has 0 aromatic heterocycles. The third-order valence-corrected chi connectivity index (χ3v) is 5.26. The molecule has 0 radical (unpaired) electrons. The number of piperidine rings is 1. The molecule has 2 fully saturated rings. The average molecular weight is 334 g/mol. The standard InChI is InChI=1S/C19H27FN2O2/c1-15(23)19-17(20)3-2-4-18(19)22-9-6-16(7-10-22)5-8-21-11-13-24-14-12-21/h2-4,16H,5-14H2,1H3.